The average Bonchev–Trinajstić information content (AvgIpc) is 1.77. The van der Waals surface area contributed by atoms with Crippen molar-refractivity contribution in [3.05, 3.63) is 0 Å². The minimum atomic E-state index is -0.622. The van der Waals surface area contributed by atoms with Crippen LogP contribution < -0.4 is 0 Å². The summed E-state index contributed by atoms with van der Waals surface area (Å²) in [5, 5.41) is 0. The van der Waals surface area contributed by atoms with E-state index in [0.717, 1.165) is 0 Å². The monoisotopic (exact) mass is 118 g/mol. The molecule has 0 spiro atoms. The van der Waals surface area contributed by atoms with Crippen LogP contribution in [0.3, 0.4) is 0 Å². The average molecular weight is 118 g/mol. The van der Waals surface area contributed by atoms with Gasteiger partial charge < -0.3 is 4.74 Å². The van der Waals surface area contributed by atoms with Gasteiger partial charge in [0.25, 0.3) is 0 Å². The molecule has 1 heterocycles. The van der Waals surface area contributed by atoms with Crippen LogP contribution in [0.5, 0.6) is 0 Å². The Morgan fingerprint density at radius 1 is 1.62 bits per heavy atom. The van der Waals surface area contributed by atoms with Crippen molar-refractivity contribution in [2.24, 2.45) is 5.92 Å². The molecule has 1 aliphatic rings. The highest BCUT2D eigenvalue weighted by atomic mass is 19.1. The molecule has 0 amide bonds. The summed E-state index contributed by atoms with van der Waals surface area (Å²) >= 11 is 0. The van der Waals surface area contributed by atoms with Gasteiger partial charge in [0.2, 0.25) is 0 Å². The Hall–Kier alpha value is -0.110. The standard InChI is InChI=1S/C6H11FO/c1-5-4-8-3-2-6(5)7/h5-6H,2-4H2,1H3. The minimum Gasteiger partial charge on any atom is -0.381 e. The second-order valence-corrected chi connectivity index (χ2v) is 2.36. The Kier molecular flexibility index (Phi) is 1.84. The van der Waals surface area contributed by atoms with E-state index >= 15 is 0 Å². The van der Waals surface area contributed by atoms with Crippen LogP contribution in [0.2, 0.25) is 0 Å². The fraction of sp³-hybridized carbons (Fsp3) is 1.00. The third-order valence-corrected chi connectivity index (χ3v) is 1.54. The largest absolute Gasteiger partial charge is 0.381 e. The van der Waals surface area contributed by atoms with Gasteiger partial charge in [-0.15, -0.1) is 0 Å². The molecule has 0 aromatic carbocycles. The predicted molar refractivity (Wildman–Crippen MR) is 29.5 cm³/mol. The van der Waals surface area contributed by atoms with Crippen LogP contribution in [0.1, 0.15) is 13.3 Å². The van der Waals surface area contributed by atoms with E-state index in [4.69, 9.17) is 4.74 Å². The van der Waals surface area contributed by atoms with Crippen molar-refractivity contribution in [3.63, 3.8) is 0 Å². The number of hydrogen-bond donors (Lipinski definition) is 0. The maximum absolute atomic E-state index is 12.5. The third kappa shape index (κ3) is 1.19. The maximum atomic E-state index is 12.5. The lowest BCUT2D eigenvalue weighted by atomic mass is 10.0. The summed E-state index contributed by atoms with van der Waals surface area (Å²) in [5.41, 5.74) is 0. The molecule has 1 aliphatic heterocycles. The summed E-state index contributed by atoms with van der Waals surface area (Å²) in [7, 11) is 0. The molecule has 0 N–H and O–H groups in total. The Bertz CT molecular complexity index is 64.9. The van der Waals surface area contributed by atoms with E-state index in [2.05, 4.69) is 0 Å². The van der Waals surface area contributed by atoms with Gasteiger partial charge in [0.1, 0.15) is 6.17 Å². The van der Waals surface area contributed by atoms with Gasteiger partial charge in [0.15, 0.2) is 0 Å². The van der Waals surface area contributed by atoms with Crippen LogP contribution in [0.4, 0.5) is 4.39 Å². The van der Waals surface area contributed by atoms with Gasteiger partial charge in [-0.2, -0.15) is 0 Å². The summed E-state index contributed by atoms with van der Waals surface area (Å²) in [6.45, 7) is 3.08. The zero-order chi connectivity index (χ0) is 5.98. The normalized spacial score (nSPS) is 39.8. The first kappa shape index (κ1) is 6.02. The molecule has 2 atom stereocenters. The van der Waals surface area contributed by atoms with E-state index in [1.807, 2.05) is 6.92 Å². The van der Waals surface area contributed by atoms with Crippen molar-refractivity contribution in [2.75, 3.05) is 13.2 Å². The lowest BCUT2D eigenvalue weighted by Gasteiger charge is -2.21. The number of alkyl halides is 1. The molecule has 0 aromatic heterocycles. The first-order chi connectivity index (χ1) is 3.80. The van der Waals surface area contributed by atoms with Crippen molar-refractivity contribution in [1.29, 1.82) is 0 Å². The third-order valence-electron chi connectivity index (χ3n) is 1.54. The van der Waals surface area contributed by atoms with Crippen molar-refractivity contribution >= 4 is 0 Å². The first-order valence-electron chi connectivity index (χ1n) is 3.02. The smallest absolute Gasteiger partial charge is 0.107 e. The Balaban J connectivity index is 2.28. The molecule has 0 saturated carbocycles. The van der Waals surface area contributed by atoms with Gasteiger partial charge in [-0.05, 0) is 0 Å². The van der Waals surface area contributed by atoms with Crippen LogP contribution in [0.25, 0.3) is 0 Å². The lowest BCUT2D eigenvalue weighted by molar-refractivity contribution is 0.00933. The predicted octanol–water partition coefficient (Wildman–Crippen LogP) is 1.38. The highest BCUT2D eigenvalue weighted by Crippen LogP contribution is 2.16. The minimum absolute atomic E-state index is 0.115. The molecule has 48 valence electrons. The molecule has 1 saturated heterocycles. The van der Waals surface area contributed by atoms with Crippen molar-refractivity contribution in [3.8, 4) is 0 Å². The summed E-state index contributed by atoms with van der Waals surface area (Å²) in [6, 6.07) is 0. The second kappa shape index (κ2) is 2.44. The molecular formula is C6H11FO. The molecule has 1 nitrogen and oxygen atoms in total. The molecule has 2 unspecified atom stereocenters. The Morgan fingerprint density at radius 2 is 2.38 bits per heavy atom. The molecule has 1 rings (SSSR count). The zero-order valence-electron chi connectivity index (χ0n) is 5.06. The number of halogens is 1. The molecule has 0 aromatic rings. The van der Waals surface area contributed by atoms with E-state index in [-0.39, 0.29) is 5.92 Å². The molecule has 0 radical (unpaired) electrons. The van der Waals surface area contributed by atoms with Gasteiger partial charge in [0.05, 0.1) is 6.61 Å². The van der Waals surface area contributed by atoms with Crippen molar-refractivity contribution < 1.29 is 9.13 Å². The second-order valence-electron chi connectivity index (χ2n) is 2.36. The van der Waals surface area contributed by atoms with Crippen molar-refractivity contribution in [2.45, 2.75) is 19.5 Å². The van der Waals surface area contributed by atoms with Crippen LogP contribution in [-0.4, -0.2) is 19.4 Å². The molecule has 8 heavy (non-hydrogen) atoms. The van der Waals surface area contributed by atoms with Gasteiger partial charge >= 0.3 is 0 Å². The lowest BCUT2D eigenvalue weighted by Crippen LogP contribution is -2.25. The van der Waals surface area contributed by atoms with Crippen LogP contribution in [0.15, 0.2) is 0 Å². The van der Waals surface area contributed by atoms with Crippen LogP contribution >= 0.6 is 0 Å². The van der Waals surface area contributed by atoms with Gasteiger partial charge in [-0.3, -0.25) is 0 Å². The topological polar surface area (TPSA) is 9.23 Å². The van der Waals surface area contributed by atoms with Gasteiger partial charge in [0, 0.05) is 18.9 Å². The maximum Gasteiger partial charge on any atom is 0.107 e. The number of ether oxygens (including phenoxy) is 1. The highest BCUT2D eigenvalue weighted by Gasteiger charge is 2.20. The van der Waals surface area contributed by atoms with Crippen molar-refractivity contribution in [1.82, 2.24) is 0 Å². The molecule has 0 aliphatic carbocycles. The van der Waals surface area contributed by atoms with E-state index in [0.29, 0.717) is 19.6 Å². The molecule has 0 bridgehead atoms. The zero-order valence-corrected chi connectivity index (χ0v) is 5.06. The SMILES string of the molecule is CC1COCCC1F. The fourth-order valence-electron chi connectivity index (χ4n) is 0.854. The molecule has 2 heteroatoms. The first-order valence-corrected chi connectivity index (χ1v) is 3.02. The quantitative estimate of drug-likeness (QED) is 0.467. The number of hydrogen-bond acceptors (Lipinski definition) is 1. The Labute approximate surface area is 48.8 Å². The Morgan fingerprint density at radius 3 is 2.75 bits per heavy atom. The molecule has 1 fully saturated rings. The molecular weight excluding hydrogens is 107 g/mol. The summed E-state index contributed by atoms with van der Waals surface area (Å²) in [6.07, 6.45) is -0.0370. The van der Waals surface area contributed by atoms with Crippen LogP contribution in [-0.2, 0) is 4.74 Å². The van der Waals surface area contributed by atoms with Gasteiger partial charge in [-0.25, -0.2) is 4.39 Å². The highest BCUT2D eigenvalue weighted by molar-refractivity contribution is 4.67. The van der Waals surface area contributed by atoms with E-state index < -0.39 is 6.17 Å². The van der Waals surface area contributed by atoms with Crippen LogP contribution in [0, 0.1) is 5.92 Å². The van der Waals surface area contributed by atoms with E-state index in [1.165, 1.54) is 0 Å². The fourth-order valence-corrected chi connectivity index (χ4v) is 0.854. The summed E-state index contributed by atoms with van der Waals surface area (Å²) < 4.78 is 17.5. The summed E-state index contributed by atoms with van der Waals surface area (Å²) in [5.74, 6) is 0.115. The van der Waals surface area contributed by atoms with Gasteiger partial charge in [-0.1, -0.05) is 6.92 Å². The summed E-state index contributed by atoms with van der Waals surface area (Å²) in [4.78, 5) is 0. The van der Waals surface area contributed by atoms with E-state index in [1.54, 1.807) is 0 Å². The number of rotatable bonds is 0. The van der Waals surface area contributed by atoms with E-state index in [9.17, 15) is 4.39 Å².